The minimum Gasteiger partial charge on any atom is -0.368 e. The molecule has 1 saturated heterocycles. The number of amides is 3. The highest BCUT2D eigenvalue weighted by atomic mass is 19.1. The number of anilines is 2. The van der Waals surface area contributed by atoms with E-state index < -0.39 is 16.6 Å². The van der Waals surface area contributed by atoms with Gasteiger partial charge >= 0.3 is 0 Å². The zero-order chi connectivity index (χ0) is 31.2. The number of carbonyl (C=O) groups is 3. The average Bonchev–Trinajstić information content (AvgIpc) is 3.28. The Hall–Kier alpha value is -4.84. The predicted molar refractivity (Wildman–Crippen MR) is 164 cm³/mol. The van der Waals surface area contributed by atoms with E-state index in [-0.39, 0.29) is 40.7 Å². The molecule has 1 heterocycles. The number of nitro groups is 1. The molecule has 12 heteroatoms. The van der Waals surface area contributed by atoms with Crippen LogP contribution in [0.2, 0.25) is 0 Å². The van der Waals surface area contributed by atoms with Crippen LogP contribution in [0.5, 0.6) is 0 Å². The van der Waals surface area contributed by atoms with Gasteiger partial charge in [0.2, 0.25) is 0 Å². The Balaban J connectivity index is 1.37. The second-order valence-electron chi connectivity index (χ2n) is 11.2. The van der Waals surface area contributed by atoms with E-state index in [9.17, 15) is 28.9 Å². The lowest BCUT2D eigenvalue weighted by molar-refractivity contribution is -0.384. The van der Waals surface area contributed by atoms with Crippen LogP contribution in [0.15, 0.2) is 66.7 Å². The standard InChI is InChI=1S/C32H35FN6O5/c33-24-4-1-3-23(19-24)32(42)38-16-2-15-37(17-18-38)29-14-7-22(31(41)35-26-10-8-25(34)9-11-26)20-28(29)36-30(40)21-5-12-27(13-6-21)39(43)44/h1,3-7,12-14,19-20,25-26H,2,8-11,15-18,34H2,(H,35,41)(H,36,40). The summed E-state index contributed by atoms with van der Waals surface area (Å²) in [5.41, 5.74) is 7.82. The monoisotopic (exact) mass is 602 g/mol. The van der Waals surface area contributed by atoms with Gasteiger partial charge in [0.15, 0.2) is 0 Å². The molecule has 2 aliphatic rings. The highest BCUT2D eigenvalue weighted by Gasteiger charge is 2.25. The molecular formula is C32H35FN6O5. The molecule has 230 valence electrons. The van der Waals surface area contributed by atoms with Crippen LogP contribution in [0, 0.1) is 15.9 Å². The molecule has 44 heavy (non-hydrogen) atoms. The molecule has 1 aliphatic carbocycles. The summed E-state index contributed by atoms with van der Waals surface area (Å²) in [5, 5.41) is 17.0. The summed E-state index contributed by atoms with van der Waals surface area (Å²) in [7, 11) is 0. The summed E-state index contributed by atoms with van der Waals surface area (Å²) < 4.78 is 13.7. The summed E-state index contributed by atoms with van der Waals surface area (Å²) in [6, 6.07) is 16.2. The smallest absolute Gasteiger partial charge is 0.269 e. The number of benzene rings is 3. The summed E-state index contributed by atoms with van der Waals surface area (Å²) >= 11 is 0. The maximum Gasteiger partial charge on any atom is 0.269 e. The number of nitrogens with two attached hydrogens (primary N) is 1. The van der Waals surface area contributed by atoms with Crippen molar-refractivity contribution in [3.8, 4) is 0 Å². The van der Waals surface area contributed by atoms with Gasteiger partial charge in [-0.05, 0) is 80.6 Å². The Bertz CT molecular complexity index is 1540. The summed E-state index contributed by atoms with van der Waals surface area (Å²) in [4.78, 5) is 53.8. The molecule has 4 N–H and O–H groups in total. The van der Waals surface area contributed by atoms with Gasteiger partial charge in [0, 0.05) is 67.1 Å². The number of nitro benzene ring substituents is 1. The van der Waals surface area contributed by atoms with Crippen LogP contribution >= 0.6 is 0 Å². The third kappa shape index (κ3) is 7.38. The minimum absolute atomic E-state index is 0.0207. The molecule has 2 fully saturated rings. The fraction of sp³-hybridized carbons (Fsp3) is 0.344. The van der Waals surface area contributed by atoms with Crippen molar-refractivity contribution in [2.24, 2.45) is 5.73 Å². The van der Waals surface area contributed by atoms with E-state index >= 15 is 0 Å². The summed E-state index contributed by atoms with van der Waals surface area (Å²) in [6.07, 6.45) is 3.91. The topological polar surface area (TPSA) is 151 Å². The van der Waals surface area contributed by atoms with Crippen molar-refractivity contribution in [3.05, 3.63) is 99.4 Å². The Morgan fingerprint density at radius 1 is 0.841 bits per heavy atom. The van der Waals surface area contributed by atoms with Gasteiger partial charge in [-0.2, -0.15) is 0 Å². The number of nitrogens with one attached hydrogen (secondary N) is 2. The van der Waals surface area contributed by atoms with E-state index in [1.54, 1.807) is 29.2 Å². The number of carbonyl (C=O) groups excluding carboxylic acids is 3. The highest BCUT2D eigenvalue weighted by Crippen LogP contribution is 2.30. The van der Waals surface area contributed by atoms with Crippen molar-refractivity contribution in [2.45, 2.75) is 44.2 Å². The van der Waals surface area contributed by atoms with E-state index in [4.69, 9.17) is 5.73 Å². The first-order chi connectivity index (χ1) is 21.2. The van der Waals surface area contributed by atoms with E-state index in [1.165, 1.54) is 42.5 Å². The molecule has 3 aromatic rings. The second-order valence-corrected chi connectivity index (χ2v) is 11.2. The molecule has 3 aromatic carbocycles. The quantitative estimate of drug-likeness (QED) is 0.269. The van der Waals surface area contributed by atoms with E-state index in [0.717, 1.165) is 25.7 Å². The third-order valence-electron chi connectivity index (χ3n) is 8.15. The molecule has 5 rings (SSSR count). The van der Waals surface area contributed by atoms with E-state index in [2.05, 4.69) is 10.6 Å². The molecule has 11 nitrogen and oxygen atoms in total. The molecule has 0 spiro atoms. The zero-order valence-electron chi connectivity index (χ0n) is 24.2. The second kappa shape index (κ2) is 13.6. The number of rotatable bonds is 7. The molecule has 0 atom stereocenters. The lowest BCUT2D eigenvalue weighted by Gasteiger charge is -2.28. The fourth-order valence-corrected chi connectivity index (χ4v) is 5.68. The summed E-state index contributed by atoms with van der Waals surface area (Å²) in [6.45, 7) is 1.86. The largest absolute Gasteiger partial charge is 0.368 e. The normalized spacial score (nSPS) is 18.7. The zero-order valence-corrected chi connectivity index (χ0v) is 24.2. The molecular weight excluding hydrogens is 567 g/mol. The van der Waals surface area contributed by atoms with Crippen LogP contribution < -0.4 is 21.3 Å². The molecule has 1 saturated carbocycles. The number of non-ortho nitro benzene ring substituents is 1. The van der Waals surface area contributed by atoms with Crippen LogP contribution in [0.1, 0.15) is 63.2 Å². The lowest BCUT2D eigenvalue weighted by Crippen LogP contribution is -2.40. The van der Waals surface area contributed by atoms with Crippen LogP contribution in [-0.4, -0.2) is 65.8 Å². The highest BCUT2D eigenvalue weighted by molar-refractivity contribution is 6.07. The van der Waals surface area contributed by atoms with Crippen molar-refractivity contribution < 1.29 is 23.7 Å². The number of hydrogen-bond acceptors (Lipinski definition) is 7. The van der Waals surface area contributed by atoms with Crippen molar-refractivity contribution in [3.63, 3.8) is 0 Å². The number of halogens is 1. The van der Waals surface area contributed by atoms with Gasteiger partial charge in [-0.3, -0.25) is 24.5 Å². The van der Waals surface area contributed by atoms with Gasteiger partial charge in [0.05, 0.1) is 16.3 Å². The van der Waals surface area contributed by atoms with Crippen molar-refractivity contribution in [2.75, 3.05) is 36.4 Å². The number of nitrogens with zero attached hydrogens (tertiary/aromatic N) is 3. The van der Waals surface area contributed by atoms with E-state index in [0.29, 0.717) is 49.5 Å². The molecule has 3 amide bonds. The lowest BCUT2D eigenvalue weighted by atomic mass is 9.91. The SMILES string of the molecule is NC1CCC(NC(=O)c2ccc(N3CCCN(C(=O)c4cccc(F)c4)CC3)c(NC(=O)c3ccc([N+](=O)[O-])cc3)c2)CC1. The van der Waals surface area contributed by atoms with Crippen LogP contribution in [0.3, 0.4) is 0 Å². The van der Waals surface area contributed by atoms with Crippen molar-refractivity contribution >= 4 is 34.8 Å². The third-order valence-corrected chi connectivity index (χ3v) is 8.15. The van der Waals surface area contributed by atoms with Crippen molar-refractivity contribution in [1.82, 2.24) is 10.2 Å². The molecule has 0 aromatic heterocycles. The number of hydrogen-bond donors (Lipinski definition) is 3. The van der Waals surface area contributed by atoms with Crippen LogP contribution in [0.4, 0.5) is 21.5 Å². The maximum atomic E-state index is 13.7. The molecule has 0 radical (unpaired) electrons. The Kier molecular flexibility index (Phi) is 9.49. The van der Waals surface area contributed by atoms with Gasteiger partial charge in [-0.15, -0.1) is 0 Å². The Morgan fingerprint density at radius 3 is 2.27 bits per heavy atom. The summed E-state index contributed by atoms with van der Waals surface area (Å²) in [5.74, 6) is -1.48. The fourth-order valence-electron chi connectivity index (χ4n) is 5.68. The first kappa shape index (κ1) is 30.6. The van der Waals surface area contributed by atoms with Crippen LogP contribution in [0.25, 0.3) is 0 Å². The van der Waals surface area contributed by atoms with Gasteiger partial charge in [0.1, 0.15) is 5.82 Å². The van der Waals surface area contributed by atoms with Gasteiger partial charge < -0.3 is 26.2 Å². The first-order valence-corrected chi connectivity index (χ1v) is 14.7. The maximum absolute atomic E-state index is 13.7. The van der Waals surface area contributed by atoms with Crippen LogP contribution in [-0.2, 0) is 0 Å². The first-order valence-electron chi connectivity index (χ1n) is 14.7. The minimum atomic E-state index is -0.538. The average molecular weight is 603 g/mol. The Labute approximate surface area is 254 Å². The molecule has 1 aliphatic heterocycles. The van der Waals surface area contributed by atoms with Gasteiger partial charge in [-0.1, -0.05) is 6.07 Å². The van der Waals surface area contributed by atoms with Gasteiger partial charge in [0.25, 0.3) is 23.4 Å². The predicted octanol–water partition coefficient (Wildman–Crippen LogP) is 4.34. The van der Waals surface area contributed by atoms with Gasteiger partial charge in [-0.25, -0.2) is 4.39 Å². The molecule has 0 unspecified atom stereocenters. The Morgan fingerprint density at radius 2 is 1.57 bits per heavy atom. The van der Waals surface area contributed by atoms with Crippen molar-refractivity contribution in [1.29, 1.82) is 0 Å². The molecule has 0 bridgehead atoms. The van der Waals surface area contributed by atoms with E-state index in [1.807, 2.05) is 4.90 Å².